The fourth-order valence-corrected chi connectivity index (χ4v) is 1.06. The Morgan fingerprint density at radius 1 is 1.60 bits per heavy atom. The number of amides is 1. The summed E-state index contributed by atoms with van der Waals surface area (Å²) < 4.78 is 0. The molecule has 0 saturated carbocycles. The maximum Gasteiger partial charge on any atom is 0.268 e. The summed E-state index contributed by atoms with van der Waals surface area (Å²) in [6, 6.07) is 5.15. The molecule has 0 atom stereocenters. The zero-order chi connectivity index (χ0) is 11.5. The molecule has 1 rings (SSSR count). The summed E-state index contributed by atoms with van der Waals surface area (Å²) in [5.41, 5.74) is 0.595. The molecule has 0 fully saturated rings. The summed E-state index contributed by atoms with van der Waals surface area (Å²) in [7, 11) is 0. The van der Waals surface area contributed by atoms with E-state index in [1.54, 1.807) is 12.1 Å². The Bertz CT molecular complexity index is 398. The lowest BCUT2D eigenvalue weighted by atomic mass is 10.0. The van der Waals surface area contributed by atoms with Crippen LogP contribution in [0.2, 0.25) is 0 Å². The molecule has 0 bridgehead atoms. The van der Waals surface area contributed by atoms with E-state index in [-0.39, 0.29) is 11.4 Å². The van der Waals surface area contributed by atoms with Crippen molar-refractivity contribution in [1.82, 2.24) is 10.3 Å². The Kier molecular flexibility index (Phi) is 3.15. The van der Waals surface area contributed by atoms with E-state index in [0.717, 1.165) is 6.42 Å². The Balaban J connectivity index is 2.74. The highest BCUT2D eigenvalue weighted by molar-refractivity contribution is 5.93. The van der Waals surface area contributed by atoms with E-state index in [1.165, 1.54) is 0 Å². The Hall–Kier alpha value is -1.76. The van der Waals surface area contributed by atoms with E-state index in [4.69, 9.17) is 5.26 Å². The SMILES string of the molecule is CCC(C)(C)NC(=O)c1ccc(C#N)[nH]1. The first-order chi connectivity index (χ1) is 6.98. The van der Waals surface area contributed by atoms with Gasteiger partial charge in [0.2, 0.25) is 0 Å². The van der Waals surface area contributed by atoms with Gasteiger partial charge in [0.15, 0.2) is 0 Å². The average molecular weight is 205 g/mol. The lowest BCUT2D eigenvalue weighted by Gasteiger charge is -2.23. The zero-order valence-electron chi connectivity index (χ0n) is 9.22. The second-order valence-electron chi connectivity index (χ2n) is 4.09. The molecule has 4 heteroatoms. The molecule has 1 aromatic rings. The molecule has 0 spiro atoms. The number of carbonyl (C=O) groups is 1. The van der Waals surface area contributed by atoms with Gasteiger partial charge in [0.05, 0.1) is 0 Å². The van der Waals surface area contributed by atoms with Crippen LogP contribution in [-0.2, 0) is 0 Å². The number of aromatic amines is 1. The van der Waals surface area contributed by atoms with Crippen LogP contribution in [0.1, 0.15) is 43.4 Å². The Labute approximate surface area is 89.3 Å². The smallest absolute Gasteiger partial charge is 0.268 e. The molecule has 2 N–H and O–H groups in total. The van der Waals surface area contributed by atoms with Gasteiger partial charge < -0.3 is 10.3 Å². The zero-order valence-corrected chi connectivity index (χ0v) is 9.22. The number of nitrogens with zero attached hydrogens (tertiary/aromatic N) is 1. The second kappa shape index (κ2) is 4.18. The number of aromatic nitrogens is 1. The number of nitrogens with one attached hydrogen (secondary N) is 2. The maximum atomic E-state index is 11.7. The number of hydrogen-bond acceptors (Lipinski definition) is 2. The van der Waals surface area contributed by atoms with Crippen molar-refractivity contribution in [2.75, 3.05) is 0 Å². The van der Waals surface area contributed by atoms with E-state index in [2.05, 4.69) is 10.3 Å². The predicted octanol–water partition coefficient (Wildman–Crippen LogP) is 1.80. The van der Waals surface area contributed by atoms with Crippen LogP contribution in [0.4, 0.5) is 0 Å². The van der Waals surface area contributed by atoms with E-state index < -0.39 is 0 Å². The van der Waals surface area contributed by atoms with Crippen LogP contribution >= 0.6 is 0 Å². The number of carbonyl (C=O) groups excluding carboxylic acids is 1. The maximum absolute atomic E-state index is 11.7. The van der Waals surface area contributed by atoms with Gasteiger partial charge in [0, 0.05) is 5.54 Å². The first-order valence-electron chi connectivity index (χ1n) is 4.90. The molecule has 80 valence electrons. The van der Waals surface area contributed by atoms with Crippen molar-refractivity contribution in [3.8, 4) is 6.07 Å². The third kappa shape index (κ3) is 2.84. The van der Waals surface area contributed by atoms with Crippen LogP contribution < -0.4 is 5.32 Å². The molecule has 1 amide bonds. The largest absolute Gasteiger partial charge is 0.346 e. The molecule has 0 aromatic carbocycles. The van der Waals surface area contributed by atoms with Crippen LogP contribution in [0.25, 0.3) is 0 Å². The third-order valence-electron chi connectivity index (χ3n) is 2.39. The van der Waals surface area contributed by atoms with Crippen molar-refractivity contribution in [2.45, 2.75) is 32.7 Å². The molecule has 0 aliphatic heterocycles. The second-order valence-corrected chi connectivity index (χ2v) is 4.09. The molecule has 0 unspecified atom stereocenters. The van der Waals surface area contributed by atoms with Crippen molar-refractivity contribution in [3.63, 3.8) is 0 Å². The molecule has 0 aliphatic rings. The number of hydrogen-bond donors (Lipinski definition) is 2. The molecule has 0 radical (unpaired) electrons. The van der Waals surface area contributed by atoms with E-state index in [9.17, 15) is 4.79 Å². The van der Waals surface area contributed by atoms with Gasteiger partial charge in [-0.25, -0.2) is 0 Å². The van der Waals surface area contributed by atoms with E-state index in [0.29, 0.717) is 11.4 Å². The quantitative estimate of drug-likeness (QED) is 0.790. The minimum Gasteiger partial charge on any atom is -0.346 e. The van der Waals surface area contributed by atoms with E-state index >= 15 is 0 Å². The Morgan fingerprint density at radius 2 is 2.27 bits per heavy atom. The van der Waals surface area contributed by atoms with E-state index in [1.807, 2.05) is 26.8 Å². The molecule has 1 aromatic heterocycles. The van der Waals surface area contributed by atoms with Gasteiger partial charge >= 0.3 is 0 Å². The van der Waals surface area contributed by atoms with Crippen molar-refractivity contribution < 1.29 is 4.79 Å². The minimum absolute atomic E-state index is 0.177. The predicted molar refractivity (Wildman–Crippen MR) is 57.3 cm³/mol. The van der Waals surface area contributed by atoms with Gasteiger partial charge in [-0.2, -0.15) is 5.26 Å². The first kappa shape index (κ1) is 11.3. The summed E-state index contributed by atoms with van der Waals surface area (Å²) in [6.07, 6.45) is 0.852. The highest BCUT2D eigenvalue weighted by atomic mass is 16.2. The topological polar surface area (TPSA) is 68.7 Å². The Morgan fingerprint density at radius 3 is 2.73 bits per heavy atom. The molecule has 0 aliphatic carbocycles. The van der Waals surface area contributed by atoms with Crippen LogP contribution in [0, 0.1) is 11.3 Å². The van der Waals surface area contributed by atoms with Gasteiger partial charge in [0.1, 0.15) is 17.5 Å². The van der Waals surface area contributed by atoms with Crippen molar-refractivity contribution >= 4 is 5.91 Å². The number of rotatable bonds is 3. The lowest BCUT2D eigenvalue weighted by molar-refractivity contribution is 0.0906. The van der Waals surface area contributed by atoms with Gasteiger partial charge in [-0.15, -0.1) is 0 Å². The molecule has 4 nitrogen and oxygen atoms in total. The summed E-state index contributed by atoms with van der Waals surface area (Å²) in [5.74, 6) is -0.177. The summed E-state index contributed by atoms with van der Waals surface area (Å²) in [4.78, 5) is 14.4. The van der Waals surface area contributed by atoms with Gasteiger partial charge in [-0.05, 0) is 32.4 Å². The van der Waals surface area contributed by atoms with Crippen LogP contribution in [0.3, 0.4) is 0 Å². The molecule has 15 heavy (non-hydrogen) atoms. The lowest BCUT2D eigenvalue weighted by Crippen LogP contribution is -2.42. The minimum atomic E-state index is -0.227. The van der Waals surface area contributed by atoms with Gasteiger partial charge in [-0.3, -0.25) is 4.79 Å². The monoisotopic (exact) mass is 205 g/mol. The number of nitriles is 1. The van der Waals surface area contributed by atoms with Crippen molar-refractivity contribution in [1.29, 1.82) is 5.26 Å². The van der Waals surface area contributed by atoms with Gasteiger partial charge in [0.25, 0.3) is 5.91 Å². The van der Waals surface area contributed by atoms with Crippen LogP contribution in [0.15, 0.2) is 12.1 Å². The molecular weight excluding hydrogens is 190 g/mol. The first-order valence-corrected chi connectivity index (χ1v) is 4.90. The normalized spacial score (nSPS) is 10.8. The van der Waals surface area contributed by atoms with Crippen molar-refractivity contribution in [3.05, 3.63) is 23.5 Å². The van der Waals surface area contributed by atoms with Crippen LogP contribution in [0.5, 0.6) is 0 Å². The third-order valence-corrected chi connectivity index (χ3v) is 2.39. The highest BCUT2D eigenvalue weighted by Gasteiger charge is 2.19. The fourth-order valence-electron chi connectivity index (χ4n) is 1.06. The molecular formula is C11H15N3O. The molecule has 1 heterocycles. The fraction of sp³-hybridized carbons (Fsp3) is 0.455. The molecule has 0 saturated heterocycles. The highest BCUT2D eigenvalue weighted by Crippen LogP contribution is 2.09. The average Bonchev–Trinajstić information content (AvgIpc) is 2.65. The summed E-state index contributed by atoms with van der Waals surface area (Å²) in [6.45, 7) is 5.92. The van der Waals surface area contributed by atoms with Crippen LogP contribution in [-0.4, -0.2) is 16.4 Å². The standard InChI is InChI=1S/C11H15N3O/c1-4-11(2,3)14-10(15)9-6-5-8(7-12)13-9/h5-6,13H,4H2,1-3H3,(H,14,15). The summed E-state index contributed by atoms with van der Waals surface area (Å²) in [5, 5.41) is 11.5. The van der Waals surface area contributed by atoms with Gasteiger partial charge in [-0.1, -0.05) is 6.92 Å². The van der Waals surface area contributed by atoms with Crippen molar-refractivity contribution in [2.24, 2.45) is 0 Å². The summed E-state index contributed by atoms with van der Waals surface area (Å²) >= 11 is 0. The number of H-pyrrole nitrogens is 1.